The van der Waals surface area contributed by atoms with Gasteiger partial charge in [0.25, 0.3) is 0 Å². The van der Waals surface area contributed by atoms with Crippen molar-refractivity contribution in [2.45, 2.75) is 56.8 Å². The minimum Gasteiger partial charge on any atom is -0.465 e. The topological polar surface area (TPSA) is 96.4 Å². The highest BCUT2D eigenvalue weighted by Crippen LogP contribution is 2.53. The number of ether oxygens (including phenoxy) is 2. The zero-order valence-corrected chi connectivity index (χ0v) is 18.1. The number of allylic oxidation sites excluding steroid dienone is 1. The Balaban J connectivity index is 1.74. The molecule has 1 unspecified atom stereocenters. The summed E-state index contributed by atoms with van der Waals surface area (Å²) in [6, 6.07) is -0.894. The van der Waals surface area contributed by atoms with Crippen LogP contribution in [0, 0.1) is 11.8 Å². The summed E-state index contributed by atoms with van der Waals surface area (Å²) in [6.45, 7) is 3.20. The summed E-state index contributed by atoms with van der Waals surface area (Å²) in [7, 11) is 0. The van der Waals surface area contributed by atoms with Crippen molar-refractivity contribution >= 4 is 17.8 Å². The minimum atomic E-state index is -1.24. The molecule has 5 atom stereocenters. The van der Waals surface area contributed by atoms with E-state index in [1.165, 1.54) is 4.90 Å². The molecular formula is C23H32N2O6. The third kappa shape index (κ3) is 3.69. The van der Waals surface area contributed by atoms with Crippen LogP contribution in [0.15, 0.2) is 24.3 Å². The van der Waals surface area contributed by atoms with E-state index in [2.05, 4.69) is 6.92 Å². The first-order valence-corrected chi connectivity index (χ1v) is 11.4. The fourth-order valence-electron chi connectivity index (χ4n) is 5.40. The lowest BCUT2D eigenvalue weighted by molar-refractivity contribution is -0.155. The number of aliphatic hydroxyl groups excluding tert-OH is 1. The number of aliphatic hydroxyl groups is 1. The van der Waals surface area contributed by atoms with Crippen LogP contribution in [0.1, 0.15) is 39.0 Å². The van der Waals surface area contributed by atoms with E-state index < -0.39 is 35.6 Å². The molecule has 2 fully saturated rings. The Morgan fingerprint density at radius 1 is 1.16 bits per heavy atom. The average molecular weight is 433 g/mol. The molecule has 0 aromatic heterocycles. The van der Waals surface area contributed by atoms with Gasteiger partial charge in [-0.05, 0) is 19.3 Å². The van der Waals surface area contributed by atoms with E-state index >= 15 is 0 Å². The molecule has 0 radical (unpaired) electrons. The first-order valence-electron chi connectivity index (χ1n) is 11.4. The fraction of sp³-hybridized carbons (Fsp3) is 0.696. The number of nitrogens with zero attached hydrogens (tertiary/aromatic N) is 2. The second-order valence-corrected chi connectivity index (χ2v) is 8.73. The van der Waals surface area contributed by atoms with Crippen molar-refractivity contribution in [3.63, 3.8) is 0 Å². The maximum atomic E-state index is 13.7. The quantitative estimate of drug-likeness (QED) is 0.383. The number of amides is 2. The number of cyclic esters (lactones) is 1. The molecule has 170 valence electrons. The van der Waals surface area contributed by atoms with Crippen LogP contribution in [-0.4, -0.2) is 83.3 Å². The number of carbonyl (C=O) groups is 3. The van der Waals surface area contributed by atoms with Crippen LogP contribution in [0.4, 0.5) is 0 Å². The van der Waals surface area contributed by atoms with Crippen LogP contribution in [0.5, 0.6) is 0 Å². The number of fused-ring (bicyclic) bond motifs is 2. The van der Waals surface area contributed by atoms with E-state index in [9.17, 15) is 19.5 Å². The predicted molar refractivity (Wildman–Crippen MR) is 112 cm³/mol. The van der Waals surface area contributed by atoms with Gasteiger partial charge in [-0.15, -0.1) is 0 Å². The van der Waals surface area contributed by atoms with Gasteiger partial charge in [-0.1, -0.05) is 44.1 Å². The SMILES string of the molecule is CCCCCN1CC=C[C@]23O[C@@H]4/C=C\CCCOC(=O)[C@@H]4[C@H]2C(=O)N(CCO)C3C1=O. The van der Waals surface area contributed by atoms with Gasteiger partial charge in [-0.2, -0.15) is 0 Å². The molecule has 2 saturated heterocycles. The minimum absolute atomic E-state index is 0.0236. The summed E-state index contributed by atoms with van der Waals surface area (Å²) < 4.78 is 11.9. The monoisotopic (exact) mass is 432 g/mol. The maximum absolute atomic E-state index is 13.7. The molecule has 2 amide bonds. The van der Waals surface area contributed by atoms with Gasteiger partial charge in [-0.3, -0.25) is 14.4 Å². The zero-order chi connectivity index (χ0) is 22.0. The van der Waals surface area contributed by atoms with Crippen molar-refractivity contribution in [2.75, 3.05) is 32.8 Å². The summed E-state index contributed by atoms with van der Waals surface area (Å²) in [6.07, 6.45) is 11.3. The number of hydrogen-bond acceptors (Lipinski definition) is 6. The van der Waals surface area contributed by atoms with Crippen molar-refractivity contribution < 1.29 is 29.0 Å². The van der Waals surface area contributed by atoms with Gasteiger partial charge in [0, 0.05) is 19.6 Å². The Bertz CT molecular complexity index is 780. The summed E-state index contributed by atoms with van der Waals surface area (Å²) >= 11 is 0. The van der Waals surface area contributed by atoms with Crippen LogP contribution in [0.2, 0.25) is 0 Å². The number of esters is 1. The normalized spacial score (nSPS) is 36.1. The lowest BCUT2D eigenvalue weighted by atomic mass is 9.78. The highest BCUT2D eigenvalue weighted by atomic mass is 16.6. The smallest absolute Gasteiger partial charge is 0.312 e. The van der Waals surface area contributed by atoms with E-state index in [1.54, 1.807) is 4.90 Å². The molecule has 0 aliphatic carbocycles. The largest absolute Gasteiger partial charge is 0.465 e. The van der Waals surface area contributed by atoms with Gasteiger partial charge in [0.1, 0.15) is 17.6 Å². The van der Waals surface area contributed by atoms with Crippen LogP contribution in [0.25, 0.3) is 0 Å². The lowest BCUT2D eigenvalue weighted by Crippen LogP contribution is -2.55. The average Bonchev–Trinajstić information content (AvgIpc) is 3.15. The standard InChI is InChI=1S/C23H32N2O6/c1-2-3-6-11-24-12-8-10-23-18(20(27)25(13-14-26)19(23)21(24)28)17-16(31-23)9-5-4-7-15-30-22(17)29/h5,8-10,16-19,26H,2-4,6-7,11-15H2,1H3/b9-5-/t16-,17+,18+,19?,23+/m1/s1. The fourth-order valence-corrected chi connectivity index (χ4v) is 5.40. The number of carbonyl (C=O) groups excluding carboxylic acids is 3. The van der Waals surface area contributed by atoms with Gasteiger partial charge in [0.2, 0.25) is 11.8 Å². The molecule has 4 aliphatic heterocycles. The van der Waals surface area contributed by atoms with Crippen molar-refractivity contribution in [3.05, 3.63) is 24.3 Å². The Labute approximate surface area is 182 Å². The van der Waals surface area contributed by atoms with Gasteiger partial charge >= 0.3 is 5.97 Å². The number of hydrogen-bond donors (Lipinski definition) is 1. The molecule has 8 heteroatoms. The molecular weight excluding hydrogens is 400 g/mol. The Hall–Kier alpha value is -2.19. The molecule has 0 aromatic carbocycles. The number of β-amino-alcohol motifs (C(OH)–C–C–N with tert-alkyl or cyclic N) is 1. The molecule has 4 heterocycles. The van der Waals surface area contributed by atoms with E-state index in [0.717, 1.165) is 32.1 Å². The van der Waals surface area contributed by atoms with Crippen LogP contribution < -0.4 is 0 Å². The second kappa shape index (κ2) is 9.12. The summed E-state index contributed by atoms with van der Waals surface area (Å²) in [4.78, 5) is 43.3. The predicted octanol–water partition coefficient (Wildman–Crippen LogP) is 1.04. The number of unbranched alkanes of at least 4 members (excludes halogenated alkanes) is 2. The van der Waals surface area contributed by atoms with Crippen molar-refractivity contribution in [1.29, 1.82) is 0 Å². The van der Waals surface area contributed by atoms with Gasteiger partial charge in [-0.25, -0.2) is 0 Å². The number of rotatable bonds is 6. The molecule has 8 nitrogen and oxygen atoms in total. The van der Waals surface area contributed by atoms with Gasteiger partial charge in [0.15, 0.2) is 0 Å². The summed E-state index contributed by atoms with van der Waals surface area (Å²) in [5.41, 5.74) is -1.24. The second-order valence-electron chi connectivity index (χ2n) is 8.73. The Kier molecular flexibility index (Phi) is 6.48. The Morgan fingerprint density at radius 3 is 2.77 bits per heavy atom. The first-order chi connectivity index (χ1) is 15.0. The highest BCUT2D eigenvalue weighted by molar-refractivity contribution is 5.99. The third-order valence-electron chi connectivity index (χ3n) is 6.81. The van der Waals surface area contributed by atoms with E-state index in [4.69, 9.17) is 9.47 Å². The first kappa shape index (κ1) is 22.0. The Morgan fingerprint density at radius 2 is 2.00 bits per heavy atom. The molecule has 0 bridgehead atoms. The van der Waals surface area contributed by atoms with Crippen molar-refractivity contribution in [3.8, 4) is 0 Å². The van der Waals surface area contributed by atoms with Gasteiger partial charge in [0.05, 0.1) is 25.2 Å². The van der Waals surface area contributed by atoms with Crippen LogP contribution in [0.3, 0.4) is 0 Å². The summed E-state index contributed by atoms with van der Waals surface area (Å²) in [5, 5.41) is 9.61. The molecule has 31 heavy (non-hydrogen) atoms. The summed E-state index contributed by atoms with van der Waals surface area (Å²) in [5.74, 6) is -2.63. The van der Waals surface area contributed by atoms with E-state index in [1.807, 2.05) is 24.3 Å². The third-order valence-corrected chi connectivity index (χ3v) is 6.81. The van der Waals surface area contributed by atoms with Crippen LogP contribution >= 0.6 is 0 Å². The number of likely N-dealkylation sites (tertiary alicyclic amines) is 1. The maximum Gasteiger partial charge on any atom is 0.312 e. The van der Waals surface area contributed by atoms with Crippen LogP contribution in [-0.2, 0) is 23.9 Å². The zero-order valence-electron chi connectivity index (χ0n) is 18.1. The molecule has 4 rings (SSSR count). The van der Waals surface area contributed by atoms with E-state index in [0.29, 0.717) is 19.7 Å². The van der Waals surface area contributed by atoms with Crippen molar-refractivity contribution in [2.24, 2.45) is 11.8 Å². The van der Waals surface area contributed by atoms with Crippen molar-refractivity contribution in [1.82, 2.24) is 9.80 Å². The lowest BCUT2D eigenvalue weighted by Gasteiger charge is -2.35. The van der Waals surface area contributed by atoms with E-state index in [-0.39, 0.29) is 25.0 Å². The highest BCUT2D eigenvalue weighted by Gasteiger charge is 2.71. The molecule has 0 aromatic rings. The molecule has 1 N–H and O–H groups in total. The van der Waals surface area contributed by atoms with Gasteiger partial charge < -0.3 is 24.4 Å². The molecule has 0 saturated carbocycles. The molecule has 1 spiro atoms. The molecule has 4 aliphatic rings.